The van der Waals surface area contributed by atoms with Crippen molar-refractivity contribution in [3.05, 3.63) is 27.3 Å². The second kappa shape index (κ2) is 6.08. The second-order valence-corrected chi connectivity index (χ2v) is 5.13. The molecule has 0 saturated carbocycles. The lowest BCUT2D eigenvalue weighted by molar-refractivity contribution is 0.0945. The summed E-state index contributed by atoms with van der Waals surface area (Å²) in [6.45, 7) is 4.80. The largest absolute Gasteiger partial charge is 0.507 e. The Hall–Kier alpha value is -0.780. The Morgan fingerprint density at radius 3 is 2.88 bits per heavy atom. The van der Waals surface area contributed by atoms with Gasteiger partial charge in [-0.1, -0.05) is 20.3 Å². The van der Waals surface area contributed by atoms with Crippen LogP contribution in [0.1, 0.15) is 30.6 Å². The quantitative estimate of drug-likeness (QED) is 0.833. The fraction of sp³-hybridized carbons (Fsp3) is 0.417. The highest BCUT2D eigenvalue weighted by molar-refractivity contribution is 14.1. The number of phenols is 1. The van der Waals surface area contributed by atoms with Gasteiger partial charge in [-0.3, -0.25) is 4.79 Å². The van der Waals surface area contributed by atoms with E-state index in [9.17, 15) is 9.90 Å². The number of aromatic hydroxyl groups is 1. The smallest absolute Gasteiger partial charge is 0.255 e. The predicted octanol–water partition coefficient (Wildman–Crippen LogP) is 2.77. The number of hydrogen-bond acceptors (Lipinski definition) is 2. The van der Waals surface area contributed by atoms with Crippen molar-refractivity contribution in [2.24, 2.45) is 5.92 Å². The maximum Gasteiger partial charge on any atom is 0.255 e. The molecular formula is C12H16INO2. The van der Waals surface area contributed by atoms with Gasteiger partial charge in [0, 0.05) is 10.1 Å². The molecule has 1 atom stereocenters. The third-order valence-electron chi connectivity index (χ3n) is 2.51. The Kier molecular flexibility index (Phi) is 5.05. The normalized spacial score (nSPS) is 12.2. The van der Waals surface area contributed by atoms with Crippen molar-refractivity contribution in [1.82, 2.24) is 5.32 Å². The summed E-state index contributed by atoms with van der Waals surface area (Å²) >= 11 is 2.11. The van der Waals surface area contributed by atoms with Crippen LogP contribution in [0.5, 0.6) is 5.75 Å². The van der Waals surface area contributed by atoms with Crippen LogP contribution in [0.3, 0.4) is 0 Å². The summed E-state index contributed by atoms with van der Waals surface area (Å²) in [4.78, 5) is 11.8. The van der Waals surface area contributed by atoms with E-state index < -0.39 is 0 Å². The van der Waals surface area contributed by atoms with E-state index in [0.29, 0.717) is 18.0 Å². The molecule has 4 heteroatoms. The number of carbonyl (C=O) groups is 1. The molecule has 3 nitrogen and oxygen atoms in total. The Balaban J connectivity index is 2.69. The lowest BCUT2D eigenvalue weighted by Crippen LogP contribution is -2.28. The van der Waals surface area contributed by atoms with Gasteiger partial charge in [0.25, 0.3) is 5.91 Å². The van der Waals surface area contributed by atoms with Gasteiger partial charge in [0.2, 0.25) is 0 Å². The average Bonchev–Trinajstić information content (AvgIpc) is 2.28. The number of amides is 1. The van der Waals surface area contributed by atoms with Gasteiger partial charge < -0.3 is 10.4 Å². The van der Waals surface area contributed by atoms with Gasteiger partial charge in [-0.25, -0.2) is 0 Å². The molecule has 0 aliphatic rings. The van der Waals surface area contributed by atoms with Crippen LogP contribution < -0.4 is 5.32 Å². The van der Waals surface area contributed by atoms with Gasteiger partial charge in [-0.2, -0.15) is 0 Å². The van der Waals surface area contributed by atoms with E-state index >= 15 is 0 Å². The number of phenolic OH excluding ortho intramolecular Hbond substituents is 1. The molecule has 0 aliphatic carbocycles. The highest BCUT2D eigenvalue weighted by atomic mass is 127. The third kappa shape index (κ3) is 3.66. The molecule has 1 amide bonds. The van der Waals surface area contributed by atoms with Crippen molar-refractivity contribution in [3.8, 4) is 5.75 Å². The van der Waals surface area contributed by atoms with E-state index in [1.165, 1.54) is 0 Å². The molecule has 2 N–H and O–H groups in total. The molecule has 0 aromatic heterocycles. The lowest BCUT2D eigenvalue weighted by atomic mass is 10.1. The van der Waals surface area contributed by atoms with Gasteiger partial charge >= 0.3 is 0 Å². The van der Waals surface area contributed by atoms with Gasteiger partial charge in [-0.05, 0) is 46.7 Å². The predicted molar refractivity (Wildman–Crippen MR) is 72.6 cm³/mol. The van der Waals surface area contributed by atoms with Crippen LogP contribution in [0.4, 0.5) is 0 Å². The summed E-state index contributed by atoms with van der Waals surface area (Å²) < 4.78 is 0.934. The molecule has 0 fully saturated rings. The summed E-state index contributed by atoms with van der Waals surface area (Å²) in [6.07, 6.45) is 1.03. The van der Waals surface area contributed by atoms with Crippen molar-refractivity contribution in [2.45, 2.75) is 20.3 Å². The van der Waals surface area contributed by atoms with Crippen molar-refractivity contribution >= 4 is 28.5 Å². The first-order chi connectivity index (χ1) is 7.54. The monoisotopic (exact) mass is 333 g/mol. The summed E-state index contributed by atoms with van der Waals surface area (Å²) in [7, 11) is 0. The lowest BCUT2D eigenvalue weighted by Gasteiger charge is -2.11. The molecule has 0 heterocycles. The Bertz CT molecular complexity index is 379. The summed E-state index contributed by atoms with van der Waals surface area (Å²) in [5.74, 6) is 0.271. The molecule has 88 valence electrons. The molecule has 1 aromatic carbocycles. The zero-order chi connectivity index (χ0) is 12.1. The first-order valence-electron chi connectivity index (χ1n) is 5.31. The third-order valence-corrected chi connectivity index (χ3v) is 3.18. The van der Waals surface area contributed by atoms with Crippen LogP contribution in [0.2, 0.25) is 0 Å². The first kappa shape index (κ1) is 13.3. The van der Waals surface area contributed by atoms with Crippen LogP contribution in [0, 0.1) is 9.49 Å². The molecule has 16 heavy (non-hydrogen) atoms. The Labute approximate surface area is 109 Å². The SMILES string of the molecule is CCC(C)CNC(=O)c1cc(I)ccc1O. The summed E-state index contributed by atoms with van der Waals surface area (Å²) in [5.41, 5.74) is 0.343. The zero-order valence-electron chi connectivity index (χ0n) is 9.46. The second-order valence-electron chi connectivity index (χ2n) is 3.88. The molecule has 1 unspecified atom stereocenters. The average molecular weight is 333 g/mol. The molecular weight excluding hydrogens is 317 g/mol. The highest BCUT2D eigenvalue weighted by Crippen LogP contribution is 2.19. The van der Waals surface area contributed by atoms with Gasteiger partial charge in [0.1, 0.15) is 5.75 Å². The first-order valence-corrected chi connectivity index (χ1v) is 6.39. The standard InChI is InChI=1S/C12H16INO2/c1-3-8(2)7-14-12(16)10-6-9(13)4-5-11(10)15/h4-6,8,15H,3,7H2,1-2H3,(H,14,16). The van der Waals surface area contributed by atoms with Crippen molar-refractivity contribution in [2.75, 3.05) is 6.54 Å². The highest BCUT2D eigenvalue weighted by Gasteiger charge is 2.11. The minimum absolute atomic E-state index is 0.0297. The maximum atomic E-state index is 11.8. The van der Waals surface area contributed by atoms with Crippen LogP contribution in [0.15, 0.2) is 18.2 Å². The molecule has 0 bridgehead atoms. The fourth-order valence-corrected chi connectivity index (χ4v) is 1.69. The molecule has 0 spiro atoms. The van der Waals surface area contributed by atoms with E-state index in [0.717, 1.165) is 9.99 Å². The van der Waals surface area contributed by atoms with Crippen molar-refractivity contribution in [1.29, 1.82) is 0 Å². The minimum atomic E-state index is -0.212. The number of benzene rings is 1. The van der Waals surface area contributed by atoms with E-state index in [4.69, 9.17) is 0 Å². The number of carbonyl (C=O) groups excluding carboxylic acids is 1. The Morgan fingerprint density at radius 1 is 1.56 bits per heavy atom. The summed E-state index contributed by atoms with van der Waals surface area (Å²) in [6, 6.07) is 4.99. The topological polar surface area (TPSA) is 49.3 Å². The number of rotatable bonds is 4. The van der Waals surface area contributed by atoms with Crippen LogP contribution >= 0.6 is 22.6 Å². The van der Waals surface area contributed by atoms with E-state index in [1.807, 2.05) is 0 Å². The molecule has 1 rings (SSSR count). The molecule has 1 aromatic rings. The fourth-order valence-electron chi connectivity index (χ4n) is 1.20. The van der Waals surface area contributed by atoms with Crippen molar-refractivity contribution < 1.29 is 9.90 Å². The number of nitrogens with one attached hydrogen (secondary N) is 1. The van der Waals surface area contributed by atoms with Crippen LogP contribution in [0.25, 0.3) is 0 Å². The maximum absolute atomic E-state index is 11.8. The van der Waals surface area contributed by atoms with Gasteiger partial charge in [0.15, 0.2) is 0 Å². The Morgan fingerprint density at radius 2 is 2.25 bits per heavy atom. The number of halogens is 1. The van der Waals surface area contributed by atoms with Gasteiger partial charge in [-0.15, -0.1) is 0 Å². The van der Waals surface area contributed by atoms with E-state index in [1.54, 1.807) is 18.2 Å². The molecule has 0 aliphatic heterocycles. The van der Waals surface area contributed by atoms with Crippen molar-refractivity contribution in [3.63, 3.8) is 0 Å². The molecule has 0 saturated heterocycles. The van der Waals surface area contributed by atoms with Crippen LogP contribution in [-0.2, 0) is 0 Å². The number of hydrogen-bond donors (Lipinski definition) is 2. The van der Waals surface area contributed by atoms with E-state index in [2.05, 4.69) is 41.8 Å². The molecule has 0 radical (unpaired) electrons. The van der Waals surface area contributed by atoms with E-state index in [-0.39, 0.29) is 11.7 Å². The van der Waals surface area contributed by atoms with Gasteiger partial charge in [0.05, 0.1) is 5.56 Å². The minimum Gasteiger partial charge on any atom is -0.507 e. The summed E-state index contributed by atoms with van der Waals surface area (Å²) in [5, 5.41) is 12.4. The zero-order valence-corrected chi connectivity index (χ0v) is 11.6. The van der Waals surface area contributed by atoms with Crippen LogP contribution in [-0.4, -0.2) is 17.6 Å².